The van der Waals surface area contributed by atoms with Gasteiger partial charge in [0.25, 0.3) is 0 Å². The summed E-state index contributed by atoms with van der Waals surface area (Å²) in [6.07, 6.45) is 0. The van der Waals surface area contributed by atoms with Crippen LogP contribution in [-0.2, 0) is 0 Å². The molecule has 0 bridgehead atoms. The number of aromatic nitrogens is 1. The lowest BCUT2D eigenvalue weighted by Gasteiger charge is -2.08. The van der Waals surface area contributed by atoms with Crippen LogP contribution in [0.25, 0.3) is 0 Å². The molecule has 0 aliphatic carbocycles. The van der Waals surface area contributed by atoms with Gasteiger partial charge in [-0.3, -0.25) is 4.98 Å². The summed E-state index contributed by atoms with van der Waals surface area (Å²) in [5, 5.41) is 3.15. The number of nitrogens with zero attached hydrogens (tertiary/aromatic N) is 1. The molecule has 0 fully saturated rings. The van der Waals surface area contributed by atoms with Crippen molar-refractivity contribution in [1.29, 1.82) is 0 Å². The van der Waals surface area contributed by atoms with E-state index in [2.05, 4.69) is 17.2 Å². The SMILES string of the molecule is CNC(C)c1cccc(C)n1. The molecule has 1 atom stereocenters. The first-order valence-corrected chi connectivity index (χ1v) is 3.85. The van der Waals surface area contributed by atoms with Crippen molar-refractivity contribution in [2.75, 3.05) is 7.05 Å². The fourth-order valence-corrected chi connectivity index (χ4v) is 0.953. The van der Waals surface area contributed by atoms with Crippen LogP contribution in [0.4, 0.5) is 0 Å². The van der Waals surface area contributed by atoms with Gasteiger partial charge in [0, 0.05) is 11.7 Å². The topological polar surface area (TPSA) is 24.9 Å². The van der Waals surface area contributed by atoms with Crippen molar-refractivity contribution in [3.63, 3.8) is 0 Å². The third-order valence-corrected chi connectivity index (χ3v) is 1.79. The highest BCUT2D eigenvalue weighted by atomic mass is 14.9. The number of hydrogen-bond donors (Lipinski definition) is 1. The van der Waals surface area contributed by atoms with Crippen LogP contribution in [0.5, 0.6) is 0 Å². The third-order valence-electron chi connectivity index (χ3n) is 1.79. The van der Waals surface area contributed by atoms with Crippen LogP contribution in [0, 0.1) is 6.92 Å². The van der Waals surface area contributed by atoms with Gasteiger partial charge in [0.1, 0.15) is 0 Å². The Bertz CT molecular complexity index is 233. The van der Waals surface area contributed by atoms with E-state index in [1.54, 1.807) is 0 Å². The van der Waals surface area contributed by atoms with E-state index < -0.39 is 0 Å². The van der Waals surface area contributed by atoms with Gasteiger partial charge in [-0.1, -0.05) is 6.07 Å². The summed E-state index contributed by atoms with van der Waals surface area (Å²) < 4.78 is 0. The van der Waals surface area contributed by atoms with Crippen LogP contribution in [0.3, 0.4) is 0 Å². The summed E-state index contributed by atoms with van der Waals surface area (Å²) in [6, 6.07) is 6.42. The maximum atomic E-state index is 4.38. The fourth-order valence-electron chi connectivity index (χ4n) is 0.953. The van der Waals surface area contributed by atoms with Gasteiger partial charge in [0.15, 0.2) is 0 Å². The van der Waals surface area contributed by atoms with Crippen molar-refractivity contribution in [1.82, 2.24) is 10.3 Å². The normalized spacial score (nSPS) is 13.0. The van der Waals surface area contributed by atoms with Crippen LogP contribution in [-0.4, -0.2) is 12.0 Å². The predicted octanol–water partition coefficient (Wildman–Crippen LogP) is 1.67. The average Bonchev–Trinajstić information content (AvgIpc) is 2.03. The second-order valence-corrected chi connectivity index (χ2v) is 2.71. The van der Waals surface area contributed by atoms with Gasteiger partial charge in [-0.2, -0.15) is 0 Å². The molecule has 0 aliphatic heterocycles. The molecule has 1 rings (SSSR count). The highest BCUT2D eigenvalue weighted by molar-refractivity contribution is 5.12. The van der Waals surface area contributed by atoms with Gasteiger partial charge >= 0.3 is 0 Å². The van der Waals surface area contributed by atoms with E-state index in [0.717, 1.165) is 11.4 Å². The van der Waals surface area contributed by atoms with E-state index >= 15 is 0 Å². The van der Waals surface area contributed by atoms with Crippen LogP contribution in [0.15, 0.2) is 18.2 Å². The Morgan fingerprint density at radius 1 is 1.45 bits per heavy atom. The van der Waals surface area contributed by atoms with Crippen LogP contribution < -0.4 is 5.32 Å². The standard InChI is InChI=1S/C9H14N2/c1-7-5-4-6-9(11-7)8(2)10-3/h4-6,8,10H,1-3H3. The summed E-state index contributed by atoms with van der Waals surface area (Å²) in [7, 11) is 1.94. The zero-order chi connectivity index (χ0) is 8.27. The smallest absolute Gasteiger partial charge is 0.0573 e. The first kappa shape index (κ1) is 8.21. The molecule has 60 valence electrons. The largest absolute Gasteiger partial charge is 0.312 e. The Balaban J connectivity index is 2.86. The quantitative estimate of drug-likeness (QED) is 0.693. The Labute approximate surface area is 67.7 Å². The van der Waals surface area contributed by atoms with Gasteiger partial charge < -0.3 is 5.32 Å². The minimum absolute atomic E-state index is 0.342. The molecule has 0 amide bonds. The monoisotopic (exact) mass is 150 g/mol. The number of aryl methyl sites for hydroxylation is 1. The number of rotatable bonds is 2. The number of hydrogen-bond acceptors (Lipinski definition) is 2. The Morgan fingerprint density at radius 3 is 2.73 bits per heavy atom. The van der Waals surface area contributed by atoms with E-state index in [0.29, 0.717) is 6.04 Å². The third kappa shape index (κ3) is 2.02. The highest BCUT2D eigenvalue weighted by Crippen LogP contribution is 2.07. The molecule has 0 saturated carbocycles. The van der Waals surface area contributed by atoms with Gasteiger partial charge in [0.2, 0.25) is 0 Å². The summed E-state index contributed by atoms with van der Waals surface area (Å²) in [5.74, 6) is 0. The van der Waals surface area contributed by atoms with Crippen molar-refractivity contribution in [3.05, 3.63) is 29.6 Å². The van der Waals surface area contributed by atoms with Crippen molar-refractivity contribution < 1.29 is 0 Å². The van der Waals surface area contributed by atoms with Gasteiger partial charge in [-0.15, -0.1) is 0 Å². The zero-order valence-corrected chi connectivity index (χ0v) is 7.26. The molecule has 0 radical (unpaired) electrons. The van der Waals surface area contributed by atoms with Crippen molar-refractivity contribution in [2.45, 2.75) is 19.9 Å². The summed E-state index contributed by atoms with van der Waals surface area (Å²) >= 11 is 0. The summed E-state index contributed by atoms with van der Waals surface area (Å²) in [4.78, 5) is 4.38. The molecule has 1 unspecified atom stereocenters. The lowest BCUT2D eigenvalue weighted by molar-refractivity contribution is 0.631. The van der Waals surface area contributed by atoms with Crippen LogP contribution >= 0.6 is 0 Å². The summed E-state index contributed by atoms with van der Waals surface area (Å²) in [5.41, 5.74) is 2.18. The summed E-state index contributed by atoms with van der Waals surface area (Å²) in [6.45, 7) is 4.10. The lowest BCUT2D eigenvalue weighted by atomic mass is 10.2. The fraction of sp³-hybridized carbons (Fsp3) is 0.444. The molecule has 1 N–H and O–H groups in total. The van der Waals surface area contributed by atoms with E-state index in [4.69, 9.17) is 0 Å². The van der Waals surface area contributed by atoms with E-state index in [9.17, 15) is 0 Å². The van der Waals surface area contributed by atoms with Crippen molar-refractivity contribution in [3.8, 4) is 0 Å². The Hall–Kier alpha value is -0.890. The van der Waals surface area contributed by atoms with Gasteiger partial charge in [-0.25, -0.2) is 0 Å². The molecule has 0 saturated heterocycles. The average molecular weight is 150 g/mol. The van der Waals surface area contributed by atoms with Crippen molar-refractivity contribution >= 4 is 0 Å². The number of pyridine rings is 1. The predicted molar refractivity (Wildman–Crippen MR) is 46.4 cm³/mol. The molecule has 2 nitrogen and oxygen atoms in total. The zero-order valence-electron chi connectivity index (χ0n) is 7.26. The first-order valence-electron chi connectivity index (χ1n) is 3.85. The minimum atomic E-state index is 0.342. The molecule has 11 heavy (non-hydrogen) atoms. The molecule has 1 heterocycles. The van der Waals surface area contributed by atoms with Gasteiger partial charge in [-0.05, 0) is 33.0 Å². The lowest BCUT2D eigenvalue weighted by Crippen LogP contribution is -2.13. The highest BCUT2D eigenvalue weighted by Gasteiger charge is 2.01. The van der Waals surface area contributed by atoms with Gasteiger partial charge in [0.05, 0.1) is 5.69 Å². The maximum Gasteiger partial charge on any atom is 0.0573 e. The second-order valence-electron chi connectivity index (χ2n) is 2.71. The first-order chi connectivity index (χ1) is 5.24. The molecule has 2 heteroatoms. The molecule has 0 aliphatic rings. The molecule has 1 aromatic heterocycles. The minimum Gasteiger partial charge on any atom is -0.312 e. The number of nitrogens with one attached hydrogen (secondary N) is 1. The second kappa shape index (κ2) is 3.49. The molecular formula is C9H14N2. The van der Waals surface area contributed by atoms with Crippen LogP contribution in [0.1, 0.15) is 24.4 Å². The molecular weight excluding hydrogens is 136 g/mol. The van der Waals surface area contributed by atoms with Crippen LogP contribution in [0.2, 0.25) is 0 Å². The van der Waals surface area contributed by atoms with E-state index in [-0.39, 0.29) is 0 Å². The Kier molecular flexibility index (Phi) is 2.60. The molecule has 1 aromatic rings. The maximum absolute atomic E-state index is 4.38. The van der Waals surface area contributed by atoms with E-state index in [1.165, 1.54) is 0 Å². The Morgan fingerprint density at radius 2 is 2.18 bits per heavy atom. The van der Waals surface area contributed by atoms with E-state index in [1.807, 2.05) is 32.2 Å². The molecule has 0 spiro atoms. The van der Waals surface area contributed by atoms with Crippen molar-refractivity contribution in [2.24, 2.45) is 0 Å². The molecule has 0 aromatic carbocycles.